The molecule has 1 heterocycles. The second-order valence-corrected chi connectivity index (χ2v) is 11.4. The van der Waals surface area contributed by atoms with Gasteiger partial charge in [-0.3, -0.25) is 14.5 Å². The van der Waals surface area contributed by atoms with Crippen molar-refractivity contribution in [3.63, 3.8) is 0 Å². The lowest BCUT2D eigenvalue weighted by atomic mass is 10.0. The minimum Gasteiger partial charge on any atom is -0.490 e. The van der Waals surface area contributed by atoms with Gasteiger partial charge in [-0.15, -0.1) is 0 Å². The number of imide groups is 1. The molecule has 202 valence electrons. The number of esters is 1. The van der Waals surface area contributed by atoms with Gasteiger partial charge in [-0.25, -0.2) is 4.79 Å². The fourth-order valence-electron chi connectivity index (χ4n) is 4.19. The van der Waals surface area contributed by atoms with Crippen molar-refractivity contribution < 1.29 is 23.9 Å². The largest absolute Gasteiger partial charge is 0.490 e. The molecule has 6 nitrogen and oxygen atoms in total. The van der Waals surface area contributed by atoms with Gasteiger partial charge in [0.25, 0.3) is 11.1 Å². The molecule has 0 aromatic heterocycles. The Labute approximate surface area is 253 Å². The van der Waals surface area contributed by atoms with Crippen molar-refractivity contribution in [2.45, 2.75) is 13.5 Å². The van der Waals surface area contributed by atoms with Crippen molar-refractivity contribution in [2.24, 2.45) is 0 Å². The lowest BCUT2D eigenvalue weighted by Gasteiger charge is -2.14. The molecule has 2 amide bonds. The quantitative estimate of drug-likeness (QED) is 0.112. The summed E-state index contributed by atoms with van der Waals surface area (Å²) in [5, 5.41) is 2.03. The first kappa shape index (κ1) is 28.2. The van der Waals surface area contributed by atoms with E-state index < -0.39 is 17.1 Å². The average molecular weight is 657 g/mol. The van der Waals surface area contributed by atoms with Crippen LogP contribution in [-0.2, 0) is 11.3 Å². The first-order chi connectivity index (χ1) is 19.2. The number of hydrogen-bond acceptors (Lipinski definition) is 6. The normalized spacial score (nSPS) is 14.3. The minimum atomic E-state index is -0.533. The third-order valence-electron chi connectivity index (χ3n) is 6.03. The van der Waals surface area contributed by atoms with Crippen molar-refractivity contribution in [2.75, 3.05) is 6.61 Å². The molecule has 10 heteroatoms. The third kappa shape index (κ3) is 5.90. The molecule has 0 N–H and O–H groups in total. The summed E-state index contributed by atoms with van der Waals surface area (Å²) in [5.41, 5.74) is 1.68. The molecule has 0 saturated carbocycles. The highest BCUT2D eigenvalue weighted by Crippen LogP contribution is 2.40. The van der Waals surface area contributed by atoms with Crippen LogP contribution in [0.3, 0.4) is 0 Å². The van der Waals surface area contributed by atoms with Crippen molar-refractivity contribution in [3.8, 4) is 11.5 Å². The summed E-state index contributed by atoms with van der Waals surface area (Å²) in [6.45, 7) is 2.19. The van der Waals surface area contributed by atoms with E-state index in [0.717, 1.165) is 27.4 Å². The molecular weight excluding hydrogens is 637 g/mol. The molecule has 0 radical (unpaired) electrons. The van der Waals surface area contributed by atoms with Gasteiger partial charge < -0.3 is 9.47 Å². The lowest BCUT2D eigenvalue weighted by Crippen LogP contribution is -2.27. The average Bonchev–Trinajstić information content (AvgIpc) is 3.19. The van der Waals surface area contributed by atoms with E-state index in [2.05, 4.69) is 15.9 Å². The number of benzene rings is 4. The zero-order chi connectivity index (χ0) is 28.4. The minimum absolute atomic E-state index is 0.0653. The highest BCUT2D eigenvalue weighted by molar-refractivity contribution is 9.10. The summed E-state index contributed by atoms with van der Waals surface area (Å²) in [7, 11) is 0. The lowest BCUT2D eigenvalue weighted by molar-refractivity contribution is -0.123. The fourth-order valence-corrected chi connectivity index (χ4v) is 5.89. The molecule has 1 fully saturated rings. The number of rotatable bonds is 7. The van der Waals surface area contributed by atoms with Gasteiger partial charge in [0.1, 0.15) is 0 Å². The Kier molecular flexibility index (Phi) is 8.51. The second kappa shape index (κ2) is 12.1. The predicted octanol–water partition coefficient (Wildman–Crippen LogP) is 8.76. The Hall–Kier alpha value is -3.30. The number of carbonyl (C=O) groups is 3. The first-order valence-electron chi connectivity index (χ1n) is 12.1. The molecule has 0 unspecified atom stereocenters. The van der Waals surface area contributed by atoms with Crippen LogP contribution in [0.1, 0.15) is 28.4 Å². The monoisotopic (exact) mass is 655 g/mol. The Morgan fingerprint density at radius 2 is 1.77 bits per heavy atom. The molecule has 0 spiro atoms. The maximum Gasteiger partial charge on any atom is 0.344 e. The molecule has 4 aromatic carbocycles. The van der Waals surface area contributed by atoms with E-state index in [0.29, 0.717) is 43.6 Å². The predicted molar refractivity (Wildman–Crippen MR) is 162 cm³/mol. The molecule has 0 bridgehead atoms. The highest BCUT2D eigenvalue weighted by Gasteiger charge is 2.35. The van der Waals surface area contributed by atoms with E-state index in [9.17, 15) is 14.4 Å². The van der Waals surface area contributed by atoms with E-state index in [1.54, 1.807) is 48.5 Å². The number of carbonyl (C=O) groups excluding carboxylic acids is 3. The smallest absolute Gasteiger partial charge is 0.344 e. The maximum absolute atomic E-state index is 13.2. The number of nitrogens with zero attached hydrogens (tertiary/aromatic N) is 1. The molecule has 0 aliphatic carbocycles. The van der Waals surface area contributed by atoms with E-state index in [4.69, 9.17) is 32.7 Å². The van der Waals surface area contributed by atoms with Crippen LogP contribution in [0.4, 0.5) is 4.79 Å². The number of amides is 2. The fraction of sp³-hybridized carbons (Fsp3) is 0.100. The van der Waals surface area contributed by atoms with Crippen LogP contribution in [-0.4, -0.2) is 28.6 Å². The van der Waals surface area contributed by atoms with Crippen molar-refractivity contribution >= 4 is 84.9 Å². The number of halogens is 3. The third-order valence-corrected chi connectivity index (χ3v) is 8.27. The summed E-state index contributed by atoms with van der Waals surface area (Å²) in [6, 6.07) is 21.3. The van der Waals surface area contributed by atoms with E-state index in [-0.39, 0.29) is 17.2 Å². The second-order valence-electron chi connectivity index (χ2n) is 8.70. The van der Waals surface area contributed by atoms with Crippen LogP contribution >= 0.6 is 50.9 Å². The van der Waals surface area contributed by atoms with E-state index >= 15 is 0 Å². The maximum atomic E-state index is 13.2. The zero-order valence-electron chi connectivity index (χ0n) is 21.0. The molecule has 5 rings (SSSR count). The molecule has 4 aromatic rings. The van der Waals surface area contributed by atoms with Gasteiger partial charge in [0.05, 0.1) is 38.1 Å². The van der Waals surface area contributed by atoms with Crippen LogP contribution in [0.2, 0.25) is 10.0 Å². The Morgan fingerprint density at radius 3 is 2.55 bits per heavy atom. The summed E-state index contributed by atoms with van der Waals surface area (Å²) in [6.07, 6.45) is 1.60. The molecule has 40 heavy (non-hydrogen) atoms. The molecular formula is C30H20BrCl2NO5S. The highest BCUT2D eigenvalue weighted by atomic mass is 79.9. The Morgan fingerprint density at radius 1 is 1.00 bits per heavy atom. The van der Waals surface area contributed by atoms with Crippen molar-refractivity contribution in [1.29, 1.82) is 0 Å². The van der Waals surface area contributed by atoms with Crippen LogP contribution in [0.25, 0.3) is 16.8 Å². The van der Waals surface area contributed by atoms with Gasteiger partial charge >= 0.3 is 5.97 Å². The Balaban J connectivity index is 1.41. The summed E-state index contributed by atoms with van der Waals surface area (Å²) >= 11 is 16.4. The van der Waals surface area contributed by atoms with Crippen LogP contribution in [0.5, 0.6) is 11.5 Å². The standard InChI is InChI=1S/C30H20BrCl2NO5S/c1-2-38-25-14-18(15-26-28(35)34(30(37)40-26)16-17-10-11-23(32)24(33)13-17)12-22(31)27(25)39-29(36)21-9-5-7-19-6-3-4-8-20(19)21/h3-15H,2,16H2,1H3/b26-15-. The molecule has 1 aliphatic heterocycles. The van der Waals surface area contributed by atoms with Gasteiger partial charge in [-0.05, 0) is 92.9 Å². The first-order valence-corrected chi connectivity index (χ1v) is 14.5. The van der Waals surface area contributed by atoms with E-state index in [1.807, 2.05) is 37.3 Å². The summed E-state index contributed by atoms with van der Waals surface area (Å²) < 4.78 is 12.0. The SMILES string of the molecule is CCOc1cc(/C=C2\SC(=O)N(Cc3ccc(Cl)c(Cl)c3)C2=O)cc(Br)c1OC(=O)c1cccc2ccccc12. The topological polar surface area (TPSA) is 72.9 Å². The number of thioether (sulfide) groups is 1. The van der Waals surface area contributed by atoms with Gasteiger partial charge in [-0.1, -0.05) is 65.7 Å². The summed E-state index contributed by atoms with van der Waals surface area (Å²) in [4.78, 5) is 40.3. The Bertz CT molecular complexity index is 1700. The molecule has 1 aliphatic rings. The van der Waals surface area contributed by atoms with Crippen LogP contribution in [0, 0.1) is 0 Å². The van der Waals surface area contributed by atoms with Gasteiger partial charge in [-0.2, -0.15) is 0 Å². The van der Waals surface area contributed by atoms with E-state index in [1.165, 1.54) is 0 Å². The van der Waals surface area contributed by atoms with Gasteiger partial charge in [0.15, 0.2) is 11.5 Å². The van der Waals surface area contributed by atoms with Crippen molar-refractivity contribution in [3.05, 3.63) is 109 Å². The number of hydrogen-bond donors (Lipinski definition) is 0. The number of ether oxygens (including phenoxy) is 2. The number of fused-ring (bicyclic) bond motifs is 1. The van der Waals surface area contributed by atoms with Crippen LogP contribution in [0.15, 0.2) is 82.2 Å². The molecule has 0 atom stereocenters. The summed E-state index contributed by atoms with van der Waals surface area (Å²) in [5.74, 6) is -0.437. The van der Waals surface area contributed by atoms with Gasteiger partial charge in [0, 0.05) is 0 Å². The van der Waals surface area contributed by atoms with Crippen molar-refractivity contribution in [1.82, 2.24) is 4.90 Å². The van der Waals surface area contributed by atoms with Gasteiger partial charge in [0.2, 0.25) is 0 Å². The van der Waals surface area contributed by atoms with Crippen LogP contribution < -0.4 is 9.47 Å². The zero-order valence-corrected chi connectivity index (χ0v) is 24.9. The molecule has 1 saturated heterocycles.